The minimum atomic E-state index is -0.229. The topological polar surface area (TPSA) is 65.1 Å². The fraction of sp³-hybridized carbons (Fsp3) is 0.357. The van der Waals surface area contributed by atoms with Gasteiger partial charge in [0.2, 0.25) is 0 Å². The maximum absolute atomic E-state index is 5.82. The second-order valence-corrected chi connectivity index (χ2v) is 6.67. The lowest BCUT2D eigenvalue weighted by Gasteiger charge is -2.22. The van der Waals surface area contributed by atoms with Gasteiger partial charge in [-0.15, -0.1) is 0 Å². The molecule has 0 amide bonds. The van der Waals surface area contributed by atoms with E-state index in [1.54, 1.807) is 13.3 Å². The molecule has 0 radical (unpaired) electrons. The van der Waals surface area contributed by atoms with Crippen molar-refractivity contribution in [3.63, 3.8) is 0 Å². The number of methoxy groups -OCH3 is 1. The second kappa shape index (κ2) is 6.91. The molecular formula is C14H18Br2N4O. The number of nitrogens with two attached hydrogens (primary N) is 1. The van der Waals surface area contributed by atoms with Gasteiger partial charge in [0.1, 0.15) is 5.75 Å². The Kier molecular flexibility index (Phi) is 5.43. The maximum Gasteiger partial charge on any atom is 0.125 e. The van der Waals surface area contributed by atoms with Crippen molar-refractivity contribution in [1.82, 2.24) is 15.2 Å². The first-order chi connectivity index (χ1) is 9.99. The predicted octanol–water partition coefficient (Wildman–Crippen LogP) is 3.55. The molecule has 7 heteroatoms. The van der Waals surface area contributed by atoms with Gasteiger partial charge in [-0.05, 0) is 41.9 Å². The Morgan fingerprint density at radius 2 is 2.05 bits per heavy atom. The van der Waals surface area contributed by atoms with E-state index >= 15 is 0 Å². The van der Waals surface area contributed by atoms with E-state index in [1.165, 1.54) is 0 Å². The zero-order chi connectivity index (χ0) is 15.6. The number of ether oxygens (including phenoxy) is 1. The number of benzene rings is 1. The fourth-order valence-corrected chi connectivity index (χ4v) is 3.11. The normalized spacial score (nSPS) is 12.7. The summed E-state index contributed by atoms with van der Waals surface area (Å²) in [6.07, 6.45) is 1.78. The number of hydrogen-bond acceptors (Lipinski definition) is 4. The Balaban J connectivity index is 2.57. The maximum atomic E-state index is 5.82. The van der Waals surface area contributed by atoms with Gasteiger partial charge in [-0.1, -0.05) is 22.0 Å². The summed E-state index contributed by atoms with van der Waals surface area (Å²) in [5, 5.41) is 4.41. The molecule has 2 rings (SSSR count). The summed E-state index contributed by atoms with van der Waals surface area (Å²) >= 11 is 7.01. The summed E-state index contributed by atoms with van der Waals surface area (Å²) in [5.41, 5.74) is 4.78. The van der Waals surface area contributed by atoms with E-state index in [9.17, 15) is 0 Å². The van der Waals surface area contributed by atoms with Crippen molar-refractivity contribution in [3.8, 4) is 5.75 Å². The third-order valence-electron chi connectivity index (χ3n) is 3.22. The zero-order valence-electron chi connectivity index (χ0n) is 12.1. The Bertz CT molecular complexity index is 627. The number of nitrogens with one attached hydrogen (secondary N) is 1. The Hall–Kier alpha value is -0.890. The van der Waals surface area contributed by atoms with E-state index in [-0.39, 0.29) is 12.1 Å². The van der Waals surface area contributed by atoms with Crippen molar-refractivity contribution >= 4 is 31.9 Å². The van der Waals surface area contributed by atoms with E-state index in [2.05, 4.69) is 56.2 Å². The summed E-state index contributed by atoms with van der Waals surface area (Å²) in [7, 11) is 1.65. The number of hydrogen-bond donors (Lipinski definition) is 2. The third kappa shape index (κ3) is 3.31. The van der Waals surface area contributed by atoms with Crippen LogP contribution in [0.4, 0.5) is 0 Å². The van der Waals surface area contributed by atoms with E-state index < -0.39 is 0 Å². The van der Waals surface area contributed by atoms with Gasteiger partial charge in [-0.25, -0.2) is 5.43 Å². The largest absolute Gasteiger partial charge is 0.496 e. The molecule has 0 spiro atoms. The van der Waals surface area contributed by atoms with E-state index in [4.69, 9.17) is 10.6 Å². The Labute approximate surface area is 141 Å². The number of halogens is 2. The average Bonchev–Trinajstić information content (AvgIpc) is 2.83. The molecule has 0 aliphatic carbocycles. The van der Waals surface area contributed by atoms with Crippen LogP contribution in [-0.4, -0.2) is 16.9 Å². The highest BCUT2D eigenvalue weighted by Crippen LogP contribution is 2.35. The standard InChI is InChI=1S/C14H18Br2N4O/c1-8(2)20-14(11(16)7-18-20)13(19-17)10-5-4-9(15)6-12(10)21-3/h4-8,13,19H,17H2,1-3H3. The molecule has 0 saturated carbocycles. The smallest absolute Gasteiger partial charge is 0.125 e. The van der Waals surface area contributed by atoms with Crippen molar-refractivity contribution in [2.45, 2.75) is 25.9 Å². The first kappa shape index (κ1) is 16.5. The molecule has 1 atom stereocenters. The van der Waals surface area contributed by atoms with Gasteiger partial charge < -0.3 is 4.74 Å². The van der Waals surface area contributed by atoms with Crippen LogP contribution >= 0.6 is 31.9 Å². The highest BCUT2D eigenvalue weighted by Gasteiger charge is 2.24. The van der Waals surface area contributed by atoms with E-state index in [0.717, 1.165) is 26.0 Å². The van der Waals surface area contributed by atoms with Crippen LogP contribution in [0.25, 0.3) is 0 Å². The van der Waals surface area contributed by atoms with Crippen LogP contribution in [-0.2, 0) is 0 Å². The van der Waals surface area contributed by atoms with Gasteiger partial charge in [0.15, 0.2) is 0 Å². The van der Waals surface area contributed by atoms with Crippen molar-refractivity contribution in [3.05, 3.63) is 44.6 Å². The SMILES string of the molecule is COc1cc(Br)ccc1C(NN)c1c(Br)cnn1C(C)C. The molecule has 0 bridgehead atoms. The fourth-order valence-electron chi connectivity index (χ4n) is 2.27. The van der Waals surface area contributed by atoms with Crippen LogP contribution in [0.2, 0.25) is 0 Å². The first-order valence-corrected chi connectivity index (χ1v) is 8.10. The van der Waals surface area contributed by atoms with Crippen LogP contribution in [0.3, 0.4) is 0 Å². The van der Waals surface area contributed by atoms with E-state index in [0.29, 0.717) is 0 Å². The van der Waals surface area contributed by atoms with Crippen LogP contribution < -0.4 is 16.0 Å². The number of aromatic nitrogens is 2. The monoisotopic (exact) mass is 416 g/mol. The number of nitrogens with zero attached hydrogens (tertiary/aromatic N) is 2. The molecular weight excluding hydrogens is 400 g/mol. The number of rotatable bonds is 5. The average molecular weight is 418 g/mol. The summed E-state index contributed by atoms with van der Waals surface area (Å²) < 4.78 is 9.28. The van der Waals surface area contributed by atoms with Crippen molar-refractivity contribution in [2.24, 2.45) is 5.84 Å². The lowest BCUT2D eigenvalue weighted by molar-refractivity contribution is 0.399. The lowest BCUT2D eigenvalue weighted by Crippen LogP contribution is -2.31. The predicted molar refractivity (Wildman–Crippen MR) is 90.2 cm³/mol. The zero-order valence-corrected chi connectivity index (χ0v) is 15.3. The minimum absolute atomic E-state index is 0.226. The minimum Gasteiger partial charge on any atom is -0.496 e. The van der Waals surface area contributed by atoms with Crippen molar-refractivity contribution in [1.29, 1.82) is 0 Å². The summed E-state index contributed by atoms with van der Waals surface area (Å²) in [5.74, 6) is 6.58. The van der Waals surface area contributed by atoms with Gasteiger partial charge >= 0.3 is 0 Å². The van der Waals surface area contributed by atoms with Crippen molar-refractivity contribution in [2.75, 3.05) is 7.11 Å². The highest BCUT2D eigenvalue weighted by molar-refractivity contribution is 9.10. The summed E-state index contributed by atoms with van der Waals surface area (Å²) in [6.45, 7) is 4.16. The van der Waals surface area contributed by atoms with Gasteiger partial charge in [0.25, 0.3) is 0 Å². The molecule has 1 unspecified atom stereocenters. The molecule has 114 valence electrons. The Morgan fingerprint density at radius 3 is 2.62 bits per heavy atom. The molecule has 3 N–H and O–H groups in total. The van der Waals surface area contributed by atoms with Crippen molar-refractivity contribution < 1.29 is 4.74 Å². The molecule has 2 aromatic rings. The van der Waals surface area contributed by atoms with E-state index in [1.807, 2.05) is 22.9 Å². The molecule has 1 heterocycles. The second-order valence-electron chi connectivity index (χ2n) is 4.90. The Morgan fingerprint density at radius 1 is 1.33 bits per heavy atom. The van der Waals surface area contributed by atoms with Gasteiger partial charge in [-0.3, -0.25) is 10.5 Å². The molecule has 0 aliphatic heterocycles. The first-order valence-electron chi connectivity index (χ1n) is 6.52. The van der Waals surface area contributed by atoms with Crippen LogP contribution in [0.5, 0.6) is 5.75 Å². The van der Waals surface area contributed by atoms with Crippen LogP contribution in [0.1, 0.15) is 37.2 Å². The van der Waals surface area contributed by atoms with Gasteiger partial charge in [-0.2, -0.15) is 5.10 Å². The van der Waals surface area contributed by atoms with Gasteiger partial charge in [0, 0.05) is 16.1 Å². The van der Waals surface area contributed by atoms with Crippen LogP contribution in [0.15, 0.2) is 33.3 Å². The summed E-state index contributed by atoms with van der Waals surface area (Å²) in [4.78, 5) is 0. The van der Waals surface area contributed by atoms with Crippen LogP contribution in [0, 0.1) is 0 Å². The molecule has 0 fully saturated rings. The lowest BCUT2D eigenvalue weighted by atomic mass is 10.0. The quantitative estimate of drug-likeness (QED) is 0.576. The number of hydrazine groups is 1. The summed E-state index contributed by atoms with van der Waals surface area (Å²) in [6, 6.07) is 5.86. The third-order valence-corrected chi connectivity index (χ3v) is 4.33. The molecule has 5 nitrogen and oxygen atoms in total. The highest BCUT2D eigenvalue weighted by atomic mass is 79.9. The molecule has 0 aliphatic rings. The molecule has 1 aromatic heterocycles. The molecule has 1 aromatic carbocycles. The van der Waals surface area contributed by atoms with Gasteiger partial charge in [0.05, 0.1) is 29.5 Å². The molecule has 0 saturated heterocycles. The molecule has 21 heavy (non-hydrogen) atoms.